The first-order chi connectivity index (χ1) is 12.4. The zero-order valence-electron chi connectivity index (χ0n) is 16.4. The van der Waals surface area contributed by atoms with Gasteiger partial charge >= 0.3 is 5.97 Å². The molecule has 0 radical (unpaired) electrons. The minimum Gasteiger partial charge on any atom is -0.482 e. The molecule has 1 aromatic carbocycles. The van der Waals surface area contributed by atoms with Crippen LogP contribution in [0, 0.1) is 23.2 Å². The molecule has 0 aromatic heterocycles. The van der Waals surface area contributed by atoms with Crippen LogP contribution in [0.4, 0.5) is 0 Å². The van der Waals surface area contributed by atoms with Gasteiger partial charge in [0.25, 0.3) is 0 Å². The second-order valence-electron chi connectivity index (χ2n) is 9.47. The summed E-state index contributed by atoms with van der Waals surface area (Å²) in [5, 5.41) is 0. The highest BCUT2D eigenvalue weighted by Gasteiger charge is 2.58. The molecule has 0 N–H and O–H groups in total. The molecule has 4 aliphatic rings. The third-order valence-electron chi connectivity index (χ3n) is 7.37. The minimum absolute atomic E-state index is 0.0126. The van der Waals surface area contributed by atoms with E-state index in [9.17, 15) is 4.79 Å². The van der Waals surface area contributed by atoms with Crippen molar-refractivity contribution >= 4 is 5.97 Å². The highest BCUT2D eigenvalue weighted by Crippen LogP contribution is 2.64. The number of esters is 1. The third-order valence-corrected chi connectivity index (χ3v) is 7.37. The minimum atomic E-state index is -0.407. The fraction of sp³-hybridized carbons (Fsp3) is 0.696. The first-order valence-electron chi connectivity index (χ1n) is 10.3. The second kappa shape index (κ2) is 6.58. The zero-order valence-corrected chi connectivity index (χ0v) is 16.4. The number of hydrogen-bond donors (Lipinski definition) is 0. The van der Waals surface area contributed by atoms with Crippen LogP contribution in [0.5, 0.6) is 5.75 Å². The van der Waals surface area contributed by atoms with Gasteiger partial charge in [-0.3, -0.25) is 0 Å². The lowest BCUT2D eigenvalue weighted by molar-refractivity contribution is -0.200. The van der Waals surface area contributed by atoms with E-state index in [1.54, 1.807) is 0 Å². The van der Waals surface area contributed by atoms with Gasteiger partial charge in [0.1, 0.15) is 11.4 Å². The normalized spacial score (nSPS) is 32.5. The number of hydrogen-bond acceptors (Lipinski definition) is 3. The molecule has 4 bridgehead atoms. The molecule has 26 heavy (non-hydrogen) atoms. The summed E-state index contributed by atoms with van der Waals surface area (Å²) >= 11 is 0. The van der Waals surface area contributed by atoms with E-state index >= 15 is 0 Å². The van der Waals surface area contributed by atoms with Crippen molar-refractivity contribution in [2.45, 2.75) is 71.3 Å². The molecule has 142 valence electrons. The summed E-state index contributed by atoms with van der Waals surface area (Å²) in [7, 11) is 0. The maximum Gasteiger partial charge on any atom is 0.344 e. The quantitative estimate of drug-likeness (QED) is 0.660. The Balaban J connectivity index is 1.37. The molecule has 4 aliphatic carbocycles. The van der Waals surface area contributed by atoms with E-state index < -0.39 is 5.60 Å². The fourth-order valence-electron chi connectivity index (χ4n) is 6.23. The van der Waals surface area contributed by atoms with Crippen molar-refractivity contribution in [1.82, 2.24) is 0 Å². The first kappa shape index (κ1) is 17.9. The predicted molar refractivity (Wildman–Crippen MR) is 102 cm³/mol. The number of ether oxygens (including phenoxy) is 2. The average Bonchev–Trinajstić information content (AvgIpc) is 2.59. The largest absolute Gasteiger partial charge is 0.482 e. The SMILES string of the molecule is CCc1ccc(OCC(=O)OC(C)(C)C23CC4CC(CC(C4)C2)C3)cc1. The predicted octanol–water partition coefficient (Wildman–Crippen LogP) is 5.17. The molecule has 0 amide bonds. The van der Waals surface area contributed by atoms with Crippen molar-refractivity contribution in [2.75, 3.05) is 6.61 Å². The van der Waals surface area contributed by atoms with Crippen LogP contribution >= 0.6 is 0 Å². The third kappa shape index (κ3) is 3.25. The fourth-order valence-corrected chi connectivity index (χ4v) is 6.23. The second-order valence-corrected chi connectivity index (χ2v) is 9.47. The Hall–Kier alpha value is -1.51. The monoisotopic (exact) mass is 356 g/mol. The van der Waals surface area contributed by atoms with Crippen LogP contribution in [0.1, 0.15) is 64.9 Å². The molecule has 4 fully saturated rings. The van der Waals surface area contributed by atoms with Crippen molar-refractivity contribution in [3.63, 3.8) is 0 Å². The molecular formula is C23H32O3. The van der Waals surface area contributed by atoms with E-state index in [0.29, 0.717) is 0 Å². The van der Waals surface area contributed by atoms with E-state index in [-0.39, 0.29) is 18.0 Å². The van der Waals surface area contributed by atoms with Crippen LogP contribution in [0.2, 0.25) is 0 Å². The Kier molecular flexibility index (Phi) is 4.53. The summed E-state index contributed by atoms with van der Waals surface area (Å²) < 4.78 is 11.7. The van der Waals surface area contributed by atoms with Crippen LogP contribution in [-0.2, 0) is 16.0 Å². The van der Waals surface area contributed by atoms with Crippen molar-refractivity contribution in [3.8, 4) is 5.75 Å². The number of aryl methyl sites for hydroxylation is 1. The van der Waals surface area contributed by atoms with Gasteiger partial charge in [-0.1, -0.05) is 19.1 Å². The van der Waals surface area contributed by atoms with Crippen LogP contribution in [0.3, 0.4) is 0 Å². The molecule has 3 heteroatoms. The Morgan fingerprint density at radius 1 is 1.04 bits per heavy atom. The van der Waals surface area contributed by atoms with E-state index in [2.05, 4.69) is 20.8 Å². The van der Waals surface area contributed by atoms with Crippen LogP contribution in [-0.4, -0.2) is 18.2 Å². The van der Waals surface area contributed by atoms with Crippen LogP contribution in [0.25, 0.3) is 0 Å². The lowest BCUT2D eigenvalue weighted by atomic mass is 9.46. The molecule has 0 atom stereocenters. The Morgan fingerprint density at radius 3 is 2.08 bits per heavy atom. The molecule has 3 nitrogen and oxygen atoms in total. The van der Waals surface area contributed by atoms with Gasteiger partial charge in [-0.05, 0) is 94.2 Å². The highest BCUT2D eigenvalue weighted by atomic mass is 16.6. The Morgan fingerprint density at radius 2 is 1.58 bits per heavy atom. The molecule has 0 spiro atoms. The van der Waals surface area contributed by atoms with Gasteiger partial charge in [0.2, 0.25) is 0 Å². The topological polar surface area (TPSA) is 35.5 Å². The van der Waals surface area contributed by atoms with Gasteiger partial charge in [-0.15, -0.1) is 0 Å². The molecule has 0 unspecified atom stereocenters. The molecule has 1 aromatic rings. The van der Waals surface area contributed by atoms with E-state index in [4.69, 9.17) is 9.47 Å². The summed E-state index contributed by atoms with van der Waals surface area (Å²) in [4.78, 5) is 12.5. The zero-order chi connectivity index (χ0) is 18.4. The maximum atomic E-state index is 12.5. The summed E-state index contributed by atoms with van der Waals surface area (Å²) in [6, 6.07) is 7.94. The number of carbonyl (C=O) groups is 1. The average molecular weight is 357 g/mol. The smallest absolute Gasteiger partial charge is 0.344 e. The highest BCUT2D eigenvalue weighted by molar-refractivity contribution is 5.71. The van der Waals surface area contributed by atoms with Crippen LogP contribution < -0.4 is 4.74 Å². The number of benzene rings is 1. The van der Waals surface area contributed by atoms with E-state index in [1.807, 2.05) is 24.3 Å². The number of rotatable bonds is 6. The van der Waals surface area contributed by atoms with Gasteiger partial charge in [-0.2, -0.15) is 0 Å². The van der Waals surface area contributed by atoms with Crippen molar-refractivity contribution < 1.29 is 14.3 Å². The standard InChI is InChI=1S/C23H32O3/c1-4-16-5-7-20(8-6-16)25-15-21(24)26-22(2,3)23-12-17-9-18(13-23)11-19(10-17)14-23/h5-8,17-19H,4,9-15H2,1-3H3. The van der Waals surface area contributed by atoms with Gasteiger partial charge in [0.05, 0.1) is 0 Å². The van der Waals surface area contributed by atoms with Crippen LogP contribution in [0.15, 0.2) is 24.3 Å². The van der Waals surface area contributed by atoms with Gasteiger partial charge < -0.3 is 9.47 Å². The van der Waals surface area contributed by atoms with E-state index in [0.717, 1.165) is 29.9 Å². The number of carbonyl (C=O) groups excluding carboxylic acids is 1. The first-order valence-corrected chi connectivity index (χ1v) is 10.3. The summed E-state index contributed by atoms with van der Waals surface area (Å²) in [5.41, 5.74) is 1.04. The van der Waals surface area contributed by atoms with Crippen molar-refractivity contribution in [1.29, 1.82) is 0 Å². The maximum absolute atomic E-state index is 12.5. The van der Waals surface area contributed by atoms with E-state index in [1.165, 1.54) is 44.1 Å². The Labute approximate surface area is 157 Å². The Bertz CT molecular complexity index is 623. The molecule has 0 aliphatic heterocycles. The van der Waals surface area contributed by atoms with Crippen molar-refractivity contribution in [3.05, 3.63) is 29.8 Å². The van der Waals surface area contributed by atoms with Gasteiger partial charge in [0, 0.05) is 5.41 Å². The lowest BCUT2D eigenvalue weighted by Gasteiger charge is -2.61. The summed E-state index contributed by atoms with van der Waals surface area (Å²) in [6.07, 6.45) is 8.91. The molecule has 5 rings (SSSR count). The summed E-state index contributed by atoms with van der Waals surface area (Å²) in [6.45, 7) is 6.38. The van der Waals surface area contributed by atoms with Gasteiger partial charge in [0.15, 0.2) is 6.61 Å². The summed E-state index contributed by atoms with van der Waals surface area (Å²) in [5.74, 6) is 3.05. The molecule has 0 heterocycles. The van der Waals surface area contributed by atoms with Gasteiger partial charge in [-0.25, -0.2) is 4.79 Å². The molecular weight excluding hydrogens is 324 g/mol. The molecule has 4 saturated carbocycles. The molecule has 0 saturated heterocycles. The lowest BCUT2D eigenvalue weighted by Crippen LogP contribution is -2.57. The van der Waals surface area contributed by atoms with Crippen molar-refractivity contribution in [2.24, 2.45) is 23.2 Å².